The molecule has 3 rings (SSSR count). The van der Waals surface area contributed by atoms with E-state index in [1.165, 1.54) is 70.5 Å². The zero-order chi connectivity index (χ0) is 14.5. The molecule has 1 fully saturated rings. The monoisotopic (exact) mass is 287 g/mol. The largest absolute Gasteiger partial charge is 0.383 e. The maximum absolute atomic E-state index is 6.05. The van der Waals surface area contributed by atoms with Crippen LogP contribution in [0.4, 0.5) is 5.82 Å². The Hall–Kier alpha value is -1.65. The molecule has 3 N–H and O–H groups in total. The van der Waals surface area contributed by atoms with Crippen molar-refractivity contribution in [3.8, 4) is 0 Å². The Labute approximate surface area is 125 Å². The van der Waals surface area contributed by atoms with E-state index in [1.807, 2.05) is 0 Å². The van der Waals surface area contributed by atoms with Crippen molar-refractivity contribution < 1.29 is 0 Å². The van der Waals surface area contributed by atoms with Crippen molar-refractivity contribution in [3.05, 3.63) is 12.0 Å². The van der Waals surface area contributed by atoms with E-state index in [-0.39, 0.29) is 0 Å². The average molecular weight is 287 g/mol. The van der Waals surface area contributed by atoms with Gasteiger partial charge >= 0.3 is 0 Å². The minimum absolute atomic E-state index is 0.515. The summed E-state index contributed by atoms with van der Waals surface area (Å²) in [7, 11) is 0. The summed E-state index contributed by atoms with van der Waals surface area (Å²) in [6.07, 6.45) is 14.7. The van der Waals surface area contributed by atoms with Gasteiger partial charge in [-0.2, -0.15) is 5.10 Å². The van der Waals surface area contributed by atoms with E-state index < -0.39 is 0 Å². The van der Waals surface area contributed by atoms with Crippen molar-refractivity contribution in [2.24, 2.45) is 0 Å². The number of rotatable bonds is 1. The summed E-state index contributed by atoms with van der Waals surface area (Å²) in [6, 6.07) is 0. The summed E-state index contributed by atoms with van der Waals surface area (Å²) in [5.74, 6) is 1.07. The summed E-state index contributed by atoms with van der Waals surface area (Å²) in [5, 5.41) is 8.45. The number of fused-ring (bicyclic) bond motifs is 1. The fourth-order valence-electron chi connectivity index (χ4n) is 3.47. The van der Waals surface area contributed by atoms with Gasteiger partial charge in [0, 0.05) is 5.92 Å². The van der Waals surface area contributed by atoms with Crippen molar-refractivity contribution in [3.63, 3.8) is 0 Å². The summed E-state index contributed by atoms with van der Waals surface area (Å²) in [6.45, 7) is 0. The van der Waals surface area contributed by atoms with Gasteiger partial charge in [-0.15, -0.1) is 0 Å². The summed E-state index contributed by atoms with van der Waals surface area (Å²) in [4.78, 5) is 8.35. The fourth-order valence-corrected chi connectivity index (χ4v) is 3.47. The summed E-state index contributed by atoms with van der Waals surface area (Å²) >= 11 is 0. The normalized spacial score (nSPS) is 19.4. The third kappa shape index (κ3) is 3.34. The first-order valence-electron chi connectivity index (χ1n) is 8.30. The van der Waals surface area contributed by atoms with Crippen LogP contribution >= 0.6 is 0 Å². The lowest BCUT2D eigenvalue weighted by Gasteiger charge is -2.15. The van der Waals surface area contributed by atoms with Gasteiger partial charge in [0.25, 0.3) is 0 Å². The van der Waals surface area contributed by atoms with E-state index in [1.54, 1.807) is 0 Å². The second kappa shape index (κ2) is 6.87. The molecule has 0 radical (unpaired) electrons. The molecule has 0 spiro atoms. The third-order valence-electron chi connectivity index (χ3n) is 4.67. The smallest absolute Gasteiger partial charge is 0.186 e. The van der Waals surface area contributed by atoms with Gasteiger partial charge in [0.2, 0.25) is 0 Å². The molecule has 0 amide bonds. The van der Waals surface area contributed by atoms with Crippen LogP contribution in [0.3, 0.4) is 0 Å². The quantitative estimate of drug-likeness (QED) is 0.832. The highest BCUT2D eigenvalue weighted by molar-refractivity contribution is 5.87. The van der Waals surface area contributed by atoms with Crippen molar-refractivity contribution in [1.29, 1.82) is 0 Å². The van der Waals surface area contributed by atoms with Crippen LogP contribution in [0.5, 0.6) is 0 Å². The van der Waals surface area contributed by atoms with Crippen LogP contribution in [0.25, 0.3) is 11.0 Å². The number of H-pyrrole nitrogens is 1. The molecule has 1 aliphatic carbocycles. The first kappa shape index (κ1) is 14.3. The molecule has 0 atom stereocenters. The Bertz CT molecular complexity index is 565. The fraction of sp³-hybridized carbons (Fsp3) is 0.688. The zero-order valence-electron chi connectivity index (χ0n) is 12.6. The molecule has 5 heteroatoms. The molecule has 0 bridgehead atoms. The number of nitrogens with two attached hydrogens (primary N) is 1. The number of hydrogen-bond donors (Lipinski definition) is 2. The minimum Gasteiger partial charge on any atom is -0.383 e. The van der Waals surface area contributed by atoms with Gasteiger partial charge in [0.15, 0.2) is 5.65 Å². The maximum atomic E-state index is 6.05. The third-order valence-corrected chi connectivity index (χ3v) is 4.67. The molecular formula is C16H25N5. The van der Waals surface area contributed by atoms with Crippen molar-refractivity contribution in [2.75, 3.05) is 5.73 Å². The van der Waals surface area contributed by atoms with Crippen LogP contribution in [0.1, 0.15) is 75.8 Å². The van der Waals surface area contributed by atoms with Crippen LogP contribution in [-0.2, 0) is 0 Å². The van der Waals surface area contributed by atoms with Gasteiger partial charge in [-0.05, 0) is 12.8 Å². The SMILES string of the molecule is Nc1ncnc2n[nH]c(C3CCCCCCCCCC3)c12. The highest BCUT2D eigenvalue weighted by atomic mass is 15.2. The van der Waals surface area contributed by atoms with Gasteiger partial charge in [0.1, 0.15) is 12.1 Å². The predicted octanol–water partition coefficient (Wildman–Crippen LogP) is 3.93. The minimum atomic E-state index is 0.515. The number of nitrogen functional groups attached to an aromatic ring is 1. The molecule has 2 aromatic rings. The average Bonchev–Trinajstić information content (AvgIpc) is 2.89. The lowest BCUT2D eigenvalue weighted by molar-refractivity contribution is 0.506. The van der Waals surface area contributed by atoms with E-state index in [2.05, 4.69) is 20.2 Å². The molecule has 1 saturated carbocycles. The van der Waals surface area contributed by atoms with Crippen LogP contribution < -0.4 is 5.73 Å². The Balaban J connectivity index is 1.83. The zero-order valence-corrected chi connectivity index (χ0v) is 12.6. The molecule has 0 saturated heterocycles. The standard InChI is InChI=1S/C16H25N5/c17-15-13-14(20-21-16(13)19-11-18-15)12-9-7-5-3-1-2-4-6-8-10-12/h11-12H,1-10H2,(H3,17,18,19,20,21). The van der Waals surface area contributed by atoms with E-state index in [0.717, 1.165) is 11.1 Å². The van der Waals surface area contributed by atoms with Crippen LogP contribution in [0.2, 0.25) is 0 Å². The number of aromatic amines is 1. The highest BCUT2D eigenvalue weighted by Crippen LogP contribution is 2.33. The van der Waals surface area contributed by atoms with Crippen molar-refractivity contribution >= 4 is 16.9 Å². The Morgan fingerprint density at radius 3 is 2.19 bits per heavy atom. The van der Waals surface area contributed by atoms with Crippen molar-refractivity contribution in [1.82, 2.24) is 20.2 Å². The molecule has 21 heavy (non-hydrogen) atoms. The van der Waals surface area contributed by atoms with E-state index >= 15 is 0 Å². The van der Waals surface area contributed by atoms with E-state index in [9.17, 15) is 0 Å². The Morgan fingerprint density at radius 2 is 1.52 bits per heavy atom. The molecule has 0 aromatic carbocycles. The predicted molar refractivity (Wildman–Crippen MR) is 85.0 cm³/mol. The highest BCUT2D eigenvalue weighted by Gasteiger charge is 2.19. The molecule has 0 aliphatic heterocycles. The molecule has 2 aromatic heterocycles. The molecule has 2 heterocycles. The van der Waals surface area contributed by atoms with Gasteiger partial charge in [-0.1, -0.05) is 51.4 Å². The number of hydrogen-bond acceptors (Lipinski definition) is 4. The van der Waals surface area contributed by atoms with E-state index in [4.69, 9.17) is 5.73 Å². The molecular weight excluding hydrogens is 262 g/mol. The summed E-state index contributed by atoms with van der Waals surface area (Å²) in [5.41, 5.74) is 7.90. The van der Waals surface area contributed by atoms with E-state index in [0.29, 0.717) is 17.4 Å². The van der Waals surface area contributed by atoms with Gasteiger partial charge in [-0.25, -0.2) is 9.97 Å². The first-order valence-corrected chi connectivity index (χ1v) is 8.30. The lowest BCUT2D eigenvalue weighted by Crippen LogP contribution is -2.02. The molecule has 1 aliphatic rings. The second-order valence-electron chi connectivity index (χ2n) is 6.20. The maximum Gasteiger partial charge on any atom is 0.186 e. The number of anilines is 1. The second-order valence-corrected chi connectivity index (χ2v) is 6.20. The van der Waals surface area contributed by atoms with Gasteiger partial charge in [-0.3, -0.25) is 5.10 Å². The van der Waals surface area contributed by atoms with Gasteiger partial charge < -0.3 is 5.73 Å². The number of nitrogens with one attached hydrogen (secondary N) is 1. The Morgan fingerprint density at radius 1 is 0.905 bits per heavy atom. The van der Waals surface area contributed by atoms with Crippen LogP contribution in [0, 0.1) is 0 Å². The molecule has 0 unspecified atom stereocenters. The first-order chi connectivity index (χ1) is 10.4. The number of aromatic nitrogens is 4. The number of nitrogens with zero attached hydrogens (tertiary/aromatic N) is 3. The molecule has 114 valence electrons. The van der Waals surface area contributed by atoms with Crippen LogP contribution in [0.15, 0.2) is 6.33 Å². The molecule has 5 nitrogen and oxygen atoms in total. The summed E-state index contributed by atoms with van der Waals surface area (Å²) < 4.78 is 0. The topological polar surface area (TPSA) is 80.5 Å². The van der Waals surface area contributed by atoms with Crippen molar-refractivity contribution in [2.45, 2.75) is 70.1 Å². The lowest BCUT2D eigenvalue weighted by atomic mass is 9.91. The van der Waals surface area contributed by atoms with Gasteiger partial charge in [0.05, 0.1) is 11.1 Å². The Kier molecular flexibility index (Phi) is 4.68. The van der Waals surface area contributed by atoms with Crippen LogP contribution in [-0.4, -0.2) is 20.2 Å².